The molecule has 0 bridgehead atoms. The van der Waals surface area contributed by atoms with Crippen LogP contribution in [0.2, 0.25) is 5.15 Å². The van der Waals surface area contributed by atoms with E-state index in [1.54, 1.807) is 12.1 Å². The number of rotatable bonds is 0. The zero-order chi connectivity index (χ0) is 12.7. The van der Waals surface area contributed by atoms with E-state index in [9.17, 15) is 0 Å². The van der Waals surface area contributed by atoms with Crippen LogP contribution in [-0.4, -0.2) is 9.97 Å². The quantitative estimate of drug-likeness (QED) is 0.464. The summed E-state index contributed by atoms with van der Waals surface area (Å²) in [5, 5.41) is 11.2. The lowest BCUT2D eigenvalue weighted by molar-refractivity contribution is 1.31. The molecule has 0 amide bonds. The molecule has 0 atom stereocenters. The largest absolute Gasteiger partial charge is 0.237 e. The maximum absolute atomic E-state index is 8.98. The molecule has 1 aromatic carbocycles. The second-order valence-corrected chi connectivity index (χ2v) is 4.92. The van der Waals surface area contributed by atoms with Gasteiger partial charge in [0.25, 0.3) is 0 Å². The minimum absolute atomic E-state index is 0.428. The first-order valence-corrected chi connectivity index (χ1v) is 6.32. The number of fused-ring (bicyclic) bond motifs is 3. The van der Waals surface area contributed by atoms with E-state index >= 15 is 0 Å². The summed E-state index contributed by atoms with van der Waals surface area (Å²) in [6.45, 7) is 0. The van der Waals surface area contributed by atoms with E-state index in [0.29, 0.717) is 15.3 Å². The topological polar surface area (TPSA) is 49.6 Å². The highest BCUT2D eigenvalue weighted by Crippen LogP contribution is 2.27. The first kappa shape index (κ1) is 11.4. The number of hydrogen-bond acceptors (Lipinski definition) is 3. The Hall–Kier alpha value is -1.70. The number of hydrogen-bond donors (Lipinski definition) is 0. The number of benzene rings is 1. The van der Waals surface area contributed by atoms with Crippen molar-refractivity contribution >= 4 is 49.3 Å². The summed E-state index contributed by atoms with van der Waals surface area (Å²) in [6, 6.07) is 11.4. The predicted molar refractivity (Wildman–Crippen MR) is 74.5 cm³/mol. The third-order valence-electron chi connectivity index (χ3n) is 2.69. The zero-order valence-corrected chi connectivity index (χ0v) is 11.3. The van der Waals surface area contributed by atoms with Crippen LogP contribution in [0.3, 0.4) is 0 Å². The highest BCUT2D eigenvalue weighted by Gasteiger charge is 2.08. The van der Waals surface area contributed by atoms with Crippen molar-refractivity contribution in [2.45, 2.75) is 0 Å². The maximum Gasteiger partial charge on any atom is 0.129 e. The first-order chi connectivity index (χ1) is 8.69. The highest BCUT2D eigenvalue weighted by molar-refractivity contribution is 9.10. The van der Waals surface area contributed by atoms with Gasteiger partial charge in [-0.15, -0.1) is 0 Å². The predicted octanol–water partition coefficient (Wildman–Crippen LogP) is 4.07. The molecule has 18 heavy (non-hydrogen) atoms. The lowest BCUT2D eigenvalue weighted by Crippen LogP contribution is -1.89. The van der Waals surface area contributed by atoms with Gasteiger partial charge in [0.1, 0.15) is 15.8 Å². The summed E-state index contributed by atoms with van der Waals surface area (Å²) in [4.78, 5) is 8.69. The number of pyridine rings is 2. The summed E-state index contributed by atoms with van der Waals surface area (Å²) in [6.07, 6.45) is 0. The molecule has 0 radical (unpaired) electrons. The van der Waals surface area contributed by atoms with Crippen LogP contribution in [0.4, 0.5) is 0 Å². The molecule has 3 nitrogen and oxygen atoms in total. The molecule has 2 aromatic heterocycles. The molecule has 5 heteroatoms. The molecular weight excluding hydrogens is 314 g/mol. The third kappa shape index (κ3) is 1.72. The van der Waals surface area contributed by atoms with E-state index in [1.807, 2.05) is 18.2 Å². The van der Waals surface area contributed by atoms with E-state index < -0.39 is 0 Å². The molecule has 86 valence electrons. The van der Waals surface area contributed by atoms with Crippen molar-refractivity contribution in [2.75, 3.05) is 0 Å². The second kappa shape index (κ2) is 4.20. The lowest BCUT2D eigenvalue weighted by Gasteiger charge is -2.04. The van der Waals surface area contributed by atoms with Crippen LogP contribution in [0.15, 0.2) is 34.9 Å². The minimum Gasteiger partial charge on any atom is -0.237 e. The van der Waals surface area contributed by atoms with Gasteiger partial charge in [-0.05, 0) is 34.1 Å². The molecule has 0 spiro atoms. The molecule has 0 saturated heterocycles. The van der Waals surface area contributed by atoms with E-state index in [4.69, 9.17) is 16.9 Å². The van der Waals surface area contributed by atoms with Crippen LogP contribution in [0.1, 0.15) is 5.56 Å². The van der Waals surface area contributed by atoms with Gasteiger partial charge in [-0.25, -0.2) is 9.97 Å². The van der Waals surface area contributed by atoms with Crippen LogP contribution >= 0.6 is 27.5 Å². The van der Waals surface area contributed by atoms with Crippen LogP contribution in [-0.2, 0) is 0 Å². The van der Waals surface area contributed by atoms with Crippen LogP contribution < -0.4 is 0 Å². The number of nitrogens with zero attached hydrogens (tertiary/aromatic N) is 3. The molecule has 2 heterocycles. The minimum atomic E-state index is 0.428. The molecule has 0 unspecified atom stereocenters. The first-order valence-electron chi connectivity index (χ1n) is 5.14. The number of nitriles is 1. The van der Waals surface area contributed by atoms with Gasteiger partial charge < -0.3 is 0 Å². The molecule has 3 aromatic rings. The molecule has 0 fully saturated rings. The average molecular weight is 319 g/mol. The van der Waals surface area contributed by atoms with Gasteiger partial charge in [0, 0.05) is 10.8 Å². The van der Waals surface area contributed by atoms with Crippen molar-refractivity contribution in [1.82, 2.24) is 9.97 Å². The summed E-state index contributed by atoms with van der Waals surface area (Å²) in [5.74, 6) is 0. The smallest absolute Gasteiger partial charge is 0.129 e. The molecular formula is C13H5BrClN3. The summed E-state index contributed by atoms with van der Waals surface area (Å²) >= 11 is 9.20. The van der Waals surface area contributed by atoms with E-state index in [1.165, 1.54) is 0 Å². The summed E-state index contributed by atoms with van der Waals surface area (Å²) < 4.78 is 0.520. The van der Waals surface area contributed by atoms with Crippen LogP contribution in [0.5, 0.6) is 0 Å². The van der Waals surface area contributed by atoms with Gasteiger partial charge in [-0.2, -0.15) is 5.26 Å². The van der Waals surface area contributed by atoms with E-state index in [0.717, 1.165) is 21.8 Å². The van der Waals surface area contributed by atoms with Crippen molar-refractivity contribution in [3.05, 3.63) is 45.7 Å². The van der Waals surface area contributed by atoms with Gasteiger partial charge in [-0.1, -0.05) is 23.7 Å². The van der Waals surface area contributed by atoms with Gasteiger partial charge in [0.2, 0.25) is 0 Å². The summed E-state index contributed by atoms with van der Waals surface area (Å²) in [7, 11) is 0. The molecule has 0 aliphatic rings. The molecule has 0 saturated carbocycles. The normalized spacial score (nSPS) is 10.7. The third-order valence-corrected chi connectivity index (χ3v) is 3.50. The van der Waals surface area contributed by atoms with Crippen molar-refractivity contribution in [1.29, 1.82) is 5.26 Å². The molecule has 3 rings (SSSR count). The standard InChI is InChI=1S/C13H5BrClN3/c14-13-9(6-16)5-8-2-1-7-3-4-10(15)17-11(7)12(8)18-13/h1-5H. The Morgan fingerprint density at radius 1 is 1.06 bits per heavy atom. The van der Waals surface area contributed by atoms with Gasteiger partial charge in [-0.3, -0.25) is 0 Å². The monoisotopic (exact) mass is 317 g/mol. The maximum atomic E-state index is 8.98. The van der Waals surface area contributed by atoms with E-state index in [2.05, 4.69) is 32.0 Å². The lowest BCUT2D eigenvalue weighted by atomic mass is 10.1. The van der Waals surface area contributed by atoms with Crippen molar-refractivity contribution in [3.8, 4) is 6.07 Å². The van der Waals surface area contributed by atoms with E-state index in [-0.39, 0.29) is 0 Å². The number of aromatic nitrogens is 2. The second-order valence-electron chi connectivity index (χ2n) is 3.78. The highest BCUT2D eigenvalue weighted by atomic mass is 79.9. The Labute approximate surface area is 116 Å². The average Bonchev–Trinajstić information content (AvgIpc) is 2.38. The number of halogens is 2. The Morgan fingerprint density at radius 3 is 2.50 bits per heavy atom. The van der Waals surface area contributed by atoms with Crippen LogP contribution in [0.25, 0.3) is 21.8 Å². The van der Waals surface area contributed by atoms with Crippen molar-refractivity contribution < 1.29 is 0 Å². The summed E-state index contributed by atoms with van der Waals surface area (Å²) in [5.41, 5.74) is 1.98. The van der Waals surface area contributed by atoms with Crippen LogP contribution in [0, 0.1) is 11.3 Å². The molecule has 0 N–H and O–H groups in total. The molecule has 0 aliphatic carbocycles. The van der Waals surface area contributed by atoms with Gasteiger partial charge in [0.15, 0.2) is 0 Å². The van der Waals surface area contributed by atoms with Crippen molar-refractivity contribution in [2.24, 2.45) is 0 Å². The fraction of sp³-hybridized carbons (Fsp3) is 0. The Balaban J connectivity index is 2.51. The Morgan fingerprint density at radius 2 is 1.72 bits per heavy atom. The van der Waals surface area contributed by atoms with Crippen molar-refractivity contribution in [3.63, 3.8) is 0 Å². The SMILES string of the molecule is N#Cc1cc2ccc3ccc(Cl)nc3c2nc1Br. The Kier molecular flexibility index (Phi) is 2.66. The molecule has 0 aliphatic heterocycles. The van der Waals surface area contributed by atoms with Gasteiger partial charge in [0.05, 0.1) is 16.6 Å². The van der Waals surface area contributed by atoms with Gasteiger partial charge >= 0.3 is 0 Å². The fourth-order valence-corrected chi connectivity index (χ4v) is 2.38. The fourth-order valence-electron chi connectivity index (χ4n) is 1.85. The zero-order valence-electron chi connectivity index (χ0n) is 8.98. The Bertz CT molecular complexity index is 824.